The summed E-state index contributed by atoms with van der Waals surface area (Å²) in [4.78, 5) is 14.9. The van der Waals surface area contributed by atoms with Crippen molar-refractivity contribution in [1.29, 1.82) is 0 Å². The third-order valence-electron chi connectivity index (χ3n) is 4.89. The number of aryl methyl sites for hydroxylation is 1. The molecule has 0 saturated carbocycles. The average molecular weight is 432 g/mol. The second kappa shape index (κ2) is 9.24. The number of carbonyl (C=O) groups is 1. The number of amides is 2. The van der Waals surface area contributed by atoms with Crippen molar-refractivity contribution in [1.82, 2.24) is 10.2 Å². The number of nitrogens with one attached hydrogen (secondary N) is 2. The van der Waals surface area contributed by atoms with Gasteiger partial charge in [-0.15, -0.1) is 0 Å². The number of nitrogens with zero attached hydrogens (tertiary/aromatic N) is 1. The molecule has 1 fully saturated rings. The van der Waals surface area contributed by atoms with E-state index in [1.807, 2.05) is 25.1 Å². The summed E-state index contributed by atoms with van der Waals surface area (Å²) in [6.07, 6.45) is 1.91. The number of carbonyl (C=O) groups excluding carboxylic acids is 1. The Morgan fingerprint density at radius 3 is 2.59 bits per heavy atom. The molecule has 2 amide bonds. The van der Waals surface area contributed by atoms with E-state index in [1.165, 1.54) is 5.56 Å². The van der Waals surface area contributed by atoms with Crippen LogP contribution in [-0.4, -0.2) is 37.2 Å². The second-order valence-electron chi connectivity index (χ2n) is 6.93. The lowest BCUT2D eigenvalue weighted by Gasteiger charge is -2.32. The fourth-order valence-electron chi connectivity index (χ4n) is 3.45. The van der Waals surface area contributed by atoms with Crippen molar-refractivity contribution in [3.05, 3.63) is 58.1 Å². The molecule has 2 N–H and O–H groups in total. The van der Waals surface area contributed by atoms with E-state index in [9.17, 15) is 4.79 Å². The van der Waals surface area contributed by atoms with Crippen LogP contribution in [0.4, 0.5) is 10.5 Å². The van der Waals surface area contributed by atoms with Gasteiger partial charge in [0.15, 0.2) is 0 Å². The van der Waals surface area contributed by atoms with Crippen molar-refractivity contribution in [2.75, 3.05) is 25.5 Å². The first kappa shape index (κ1) is 19.7. The number of rotatable bonds is 5. The lowest BCUT2D eigenvalue weighted by atomic mass is 10.0. The fourth-order valence-corrected chi connectivity index (χ4v) is 4.00. The molecule has 1 saturated heterocycles. The highest BCUT2D eigenvalue weighted by Crippen LogP contribution is 2.32. The molecule has 0 unspecified atom stereocenters. The van der Waals surface area contributed by atoms with Crippen LogP contribution in [0.2, 0.25) is 0 Å². The highest BCUT2D eigenvalue weighted by atomic mass is 79.9. The Balaban J connectivity index is 1.50. The predicted molar refractivity (Wildman–Crippen MR) is 112 cm³/mol. The standard InChI is InChI=1S/C21H26BrN3O2/c1-15-12-17(22)13-19(27-2)20(15)24-21(26)23-18-8-10-25(11-9-18)14-16-6-4-3-5-7-16/h3-7,12-13,18H,8-11,14H2,1-2H3,(H2,23,24,26). The Morgan fingerprint density at radius 2 is 1.93 bits per heavy atom. The lowest BCUT2D eigenvalue weighted by molar-refractivity contribution is 0.190. The van der Waals surface area contributed by atoms with E-state index in [1.54, 1.807) is 7.11 Å². The van der Waals surface area contributed by atoms with Gasteiger partial charge in [-0.05, 0) is 43.0 Å². The highest BCUT2D eigenvalue weighted by molar-refractivity contribution is 9.10. The van der Waals surface area contributed by atoms with Crippen LogP contribution < -0.4 is 15.4 Å². The minimum absolute atomic E-state index is 0.180. The normalized spacial score (nSPS) is 15.4. The van der Waals surface area contributed by atoms with Crippen molar-refractivity contribution in [3.8, 4) is 5.75 Å². The van der Waals surface area contributed by atoms with Gasteiger partial charge in [-0.1, -0.05) is 46.3 Å². The number of anilines is 1. The predicted octanol–water partition coefficient (Wildman–Crippen LogP) is 4.55. The van der Waals surface area contributed by atoms with Crippen LogP contribution in [0, 0.1) is 6.92 Å². The van der Waals surface area contributed by atoms with Gasteiger partial charge < -0.3 is 15.4 Å². The maximum atomic E-state index is 12.5. The molecule has 0 atom stereocenters. The molecule has 0 spiro atoms. The van der Waals surface area contributed by atoms with Crippen molar-refractivity contribution >= 4 is 27.6 Å². The minimum atomic E-state index is -0.180. The molecule has 0 aliphatic carbocycles. The lowest BCUT2D eigenvalue weighted by Crippen LogP contribution is -2.45. The molecule has 0 bridgehead atoms. The van der Waals surface area contributed by atoms with E-state index < -0.39 is 0 Å². The number of methoxy groups -OCH3 is 1. The monoisotopic (exact) mass is 431 g/mol. The van der Waals surface area contributed by atoms with Crippen LogP contribution in [0.5, 0.6) is 5.75 Å². The summed E-state index contributed by atoms with van der Waals surface area (Å²) in [6.45, 7) is 4.89. The smallest absolute Gasteiger partial charge is 0.319 e. The first-order valence-corrected chi connectivity index (χ1v) is 10.0. The van der Waals surface area contributed by atoms with Crippen LogP contribution in [0.1, 0.15) is 24.0 Å². The molecule has 0 radical (unpaired) electrons. The van der Waals surface area contributed by atoms with E-state index in [0.29, 0.717) is 11.4 Å². The first-order chi connectivity index (χ1) is 13.0. The maximum absolute atomic E-state index is 12.5. The van der Waals surface area contributed by atoms with E-state index in [2.05, 4.69) is 55.7 Å². The average Bonchev–Trinajstić information content (AvgIpc) is 2.66. The summed E-state index contributed by atoms with van der Waals surface area (Å²) < 4.78 is 6.31. The largest absolute Gasteiger partial charge is 0.495 e. The molecule has 1 aliphatic rings. The van der Waals surface area contributed by atoms with Crippen molar-refractivity contribution in [2.24, 2.45) is 0 Å². The van der Waals surface area contributed by atoms with Crippen LogP contribution in [0.3, 0.4) is 0 Å². The summed E-state index contributed by atoms with van der Waals surface area (Å²) in [6, 6.07) is 14.3. The molecule has 5 nitrogen and oxygen atoms in total. The molecule has 1 aliphatic heterocycles. The fraction of sp³-hybridized carbons (Fsp3) is 0.381. The molecule has 3 rings (SSSR count). The van der Waals surface area contributed by atoms with E-state index >= 15 is 0 Å². The highest BCUT2D eigenvalue weighted by Gasteiger charge is 2.21. The van der Waals surface area contributed by atoms with Crippen molar-refractivity contribution in [2.45, 2.75) is 32.4 Å². The second-order valence-corrected chi connectivity index (χ2v) is 7.85. The third kappa shape index (κ3) is 5.47. The van der Waals surface area contributed by atoms with Crippen LogP contribution in [0.15, 0.2) is 46.9 Å². The number of piperidine rings is 1. The Hall–Kier alpha value is -2.05. The third-order valence-corrected chi connectivity index (χ3v) is 5.35. The van der Waals surface area contributed by atoms with E-state index in [4.69, 9.17) is 4.74 Å². The summed E-state index contributed by atoms with van der Waals surface area (Å²) in [5.74, 6) is 0.648. The summed E-state index contributed by atoms with van der Waals surface area (Å²) >= 11 is 3.45. The molecule has 27 heavy (non-hydrogen) atoms. The molecule has 144 valence electrons. The number of likely N-dealkylation sites (tertiary alicyclic amines) is 1. The first-order valence-electron chi connectivity index (χ1n) is 9.23. The molecule has 6 heteroatoms. The number of hydrogen-bond acceptors (Lipinski definition) is 3. The molecule has 0 aromatic heterocycles. The zero-order valence-electron chi connectivity index (χ0n) is 15.8. The zero-order chi connectivity index (χ0) is 19.2. The molecule has 2 aromatic rings. The van der Waals surface area contributed by atoms with Gasteiger partial charge >= 0.3 is 6.03 Å². The molecule has 1 heterocycles. The molecular formula is C21H26BrN3O2. The minimum Gasteiger partial charge on any atom is -0.495 e. The van der Waals surface area contributed by atoms with Gasteiger partial charge in [0.05, 0.1) is 12.8 Å². The van der Waals surface area contributed by atoms with Crippen molar-refractivity contribution in [3.63, 3.8) is 0 Å². The maximum Gasteiger partial charge on any atom is 0.319 e. The Labute approximate surface area is 169 Å². The summed E-state index contributed by atoms with van der Waals surface area (Å²) in [5, 5.41) is 6.05. The number of ether oxygens (including phenoxy) is 1. The van der Waals surface area contributed by atoms with Gasteiger partial charge in [0.2, 0.25) is 0 Å². The topological polar surface area (TPSA) is 53.6 Å². The van der Waals surface area contributed by atoms with Gasteiger partial charge in [0.25, 0.3) is 0 Å². The zero-order valence-corrected chi connectivity index (χ0v) is 17.4. The molecule has 2 aromatic carbocycles. The number of benzene rings is 2. The summed E-state index contributed by atoms with van der Waals surface area (Å²) in [5.41, 5.74) is 2.99. The quantitative estimate of drug-likeness (QED) is 0.729. The van der Waals surface area contributed by atoms with E-state index in [-0.39, 0.29) is 12.1 Å². The molecular weight excluding hydrogens is 406 g/mol. The van der Waals surface area contributed by atoms with E-state index in [0.717, 1.165) is 42.5 Å². The summed E-state index contributed by atoms with van der Waals surface area (Å²) in [7, 11) is 1.60. The van der Waals surface area contributed by atoms with Gasteiger partial charge in [-0.3, -0.25) is 4.90 Å². The van der Waals surface area contributed by atoms with Crippen LogP contribution >= 0.6 is 15.9 Å². The van der Waals surface area contributed by atoms with Gasteiger partial charge in [0, 0.05) is 30.1 Å². The van der Waals surface area contributed by atoms with Gasteiger partial charge in [0.1, 0.15) is 5.75 Å². The Kier molecular flexibility index (Phi) is 6.74. The number of hydrogen-bond donors (Lipinski definition) is 2. The number of urea groups is 1. The van der Waals surface area contributed by atoms with Crippen LogP contribution in [-0.2, 0) is 6.54 Å². The van der Waals surface area contributed by atoms with Crippen LogP contribution in [0.25, 0.3) is 0 Å². The Morgan fingerprint density at radius 1 is 1.22 bits per heavy atom. The SMILES string of the molecule is COc1cc(Br)cc(C)c1NC(=O)NC1CCN(Cc2ccccc2)CC1. The number of halogens is 1. The van der Waals surface area contributed by atoms with Crippen molar-refractivity contribution < 1.29 is 9.53 Å². The van der Waals surface area contributed by atoms with Gasteiger partial charge in [-0.2, -0.15) is 0 Å². The Bertz CT molecular complexity index is 774. The van der Waals surface area contributed by atoms with Gasteiger partial charge in [-0.25, -0.2) is 4.79 Å².